The van der Waals surface area contributed by atoms with Crippen LogP contribution < -0.4 is 14.8 Å². The average molecular weight is 408 g/mol. The Kier molecular flexibility index (Phi) is 5.67. The van der Waals surface area contributed by atoms with Gasteiger partial charge in [-0.1, -0.05) is 24.3 Å². The molecule has 2 heterocycles. The molecule has 0 atom stereocenters. The molecular weight excluding hydrogens is 391 g/mol. The first-order chi connectivity index (χ1) is 14.2. The van der Waals surface area contributed by atoms with Crippen LogP contribution in [0.4, 0.5) is 9.52 Å². The molecule has 146 valence electrons. The first kappa shape index (κ1) is 18.9. The van der Waals surface area contributed by atoms with E-state index >= 15 is 0 Å². The van der Waals surface area contributed by atoms with Gasteiger partial charge in [0.2, 0.25) is 5.91 Å². The van der Waals surface area contributed by atoms with E-state index in [1.54, 1.807) is 24.3 Å². The van der Waals surface area contributed by atoms with Crippen LogP contribution in [0.2, 0.25) is 0 Å². The highest BCUT2D eigenvalue weighted by molar-refractivity contribution is 7.14. The lowest BCUT2D eigenvalue weighted by molar-refractivity contribution is -0.111. The number of hydrogen-bond donors (Lipinski definition) is 1. The zero-order chi connectivity index (χ0) is 20.1. The molecule has 1 N–H and O–H groups in total. The third-order valence-electron chi connectivity index (χ3n) is 4.09. The summed E-state index contributed by atoms with van der Waals surface area (Å²) in [5, 5.41) is 5.02. The highest BCUT2D eigenvalue weighted by Crippen LogP contribution is 2.31. The van der Waals surface area contributed by atoms with Gasteiger partial charge in [0, 0.05) is 17.0 Å². The largest absolute Gasteiger partial charge is 0.486 e. The van der Waals surface area contributed by atoms with Crippen molar-refractivity contribution in [1.82, 2.24) is 4.98 Å². The third-order valence-corrected chi connectivity index (χ3v) is 4.85. The van der Waals surface area contributed by atoms with Gasteiger partial charge in [-0.2, -0.15) is 0 Å². The number of rotatable bonds is 5. The minimum atomic E-state index is -0.299. The molecule has 0 fully saturated rings. The van der Waals surface area contributed by atoms with Crippen molar-refractivity contribution in [3.8, 4) is 22.8 Å². The van der Waals surface area contributed by atoms with E-state index in [0.29, 0.717) is 24.0 Å². The number of amides is 1. The van der Waals surface area contributed by atoms with E-state index in [1.807, 2.05) is 29.7 Å². The molecule has 1 amide bonds. The lowest BCUT2D eigenvalue weighted by Gasteiger charge is -2.18. The molecule has 2 aromatic carbocycles. The summed E-state index contributed by atoms with van der Waals surface area (Å²) in [4.78, 5) is 16.4. The first-order valence-corrected chi connectivity index (χ1v) is 9.82. The molecule has 0 saturated carbocycles. The van der Waals surface area contributed by atoms with Crippen molar-refractivity contribution in [2.24, 2.45) is 0 Å². The number of thiazole rings is 1. The number of aromatic nitrogens is 1. The van der Waals surface area contributed by atoms with Crippen molar-refractivity contribution in [2.45, 2.75) is 0 Å². The fourth-order valence-corrected chi connectivity index (χ4v) is 3.43. The second kappa shape index (κ2) is 8.70. The summed E-state index contributed by atoms with van der Waals surface area (Å²) < 4.78 is 24.0. The number of carbonyl (C=O) groups excluding carboxylic acids is 1. The van der Waals surface area contributed by atoms with E-state index < -0.39 is 0 Å². The molecule has 0 spiro atoms. The van der Waals surface area contributed by atoms with Crippen LogP contribution in [-0.4, -0.2) is 24.1 Å². The molecule has 0 saturated heterocycles. The van der Waals surface area contributed by atoms with Gasteiger partial charge in [0.1, 0.15) is 19.0 Å². The molecule has 1 aliphatic rings. The van der Waals surface area contributed by atoms with E-state index in [2.05, 4.69) is 10.3 Å². The Labute approximate surface area is 171 Å². The second-order valence-corrected chi connectivity index (χ2v) is 7.01. The standard InChI is InChI=1S/C22H17FN2O3S/c23-17-8-6-16(7-9-17)18-14-29-22(24-18)25-21(26)4-2-1-3-15-5-10-19-20(13-15)28-12-11-27-19/h1-10,13-14H,11-12H2,(H,24,25,26)/b3-1+,4-2+. The van der Waals surface area contributed by atoms with Gasteiger partial charge in [-0.25, -0.2) is 9.37 Å². The zero-order valence-electron chi connectivity index (χ0n) is 15.3. The number of allylic oxidation sites excluding steroid dienone is 2. The predicted molar refractivity (Wildman–Crippen MR) is 112 cm³/mol. The third kappa shape index (κ3) is 4.89. The zero-order valence-corrected chi connectivity index (χ0v) is 16.1. The fourth-order valence-electron chi connectivity index (χ4n) is 2.70. The Morgan fingerprint density at radius 2 is 1.86 bits per heavy atom. The van der Waals surface area contributed by atoms with E-state index in [4.69, 9.17) is 9.47 Å². The molecule has 1 aromatic heterocycles. The summed E-state index contributed by atoms with van der Waals surface area (Å²) in [5.41, 5.74) is 2.43. The number of nitrogens with one attached hydrogen (secondary N) is 1. The Balaban J connectivity index is 1.33. The summed E-state index contributed by atoms with van der Waals surface area (Å²) in [6, 6.07) is 11.7. The minimum Gasteiger partial charge on any atom is -0.486 e. The van der Waals surface area contributed by atoms with Crippen molar-refractivity contribution in [3.63, 3.8) is 0 Å². The van der Waals surface area contributed by atoms with Crippen molar-refractivity contribution < 1.29 is 18.7 Å². The van der Waals surface area contributed by atoms with Gasteiger partial charge in [0.15, 0.2) is 16.6 Å². The molecule has 5 nitrogen and oxygen atoms in total. The van der Waals surface area contributed by atoms with Gasteiger partial charge in [0.25, 0.3) is 0 Å². The number of ether oxygens (including phenoxy) is 2. The predicted octanol–water partition coefficient (Wildman–Crippen LogP) is 4.93. The van der Waals surface area contributed by atoms with Crippen LogP contribution in [0.5, 0.6) is 11.5 Å². The van der Waals surface area contributed by atoms with Crippen molar-refractivity contribution >= 4 is 28.5 Å². The van der Waals surface area contributed by atoms with Crippen LogP contribution in [0.3, 0.4) is 0 Å². The highest BCUT2D eigenvalue weighted by Gasteiger charge is 2.10. The molecule has 0 unspecified atom stereocenters. The van der Waals surface area contributed by atoms with Crippen molar-refractivity contribution in [2.75, 3.05) is 18.5 Å². The van der Waals surface area contributed by atoms with Crippen molar-refractivity contribution in [3.05, 3.63) is 77.5 Å². The van der Waals surface area contributed by atoms with Crippen LogP contribution >= 0.6 is 11.3 Å². The monoisotopic (exact) mass is 408 g/mol. The lowest BCUT2D eigenvalue weighted by Crippen LogP contribution is -2.15. The molecule has 3 aromatic rings. The smallest absolute Gasteiger partial charge is 0.250 e. The molecule has 29 heavy (non-hydrogen) atoms. The highest BCUT2D eigenvalue weighted by atomic mass is 32.1. The van der Waals surface area contributed by atoms with Crippen LogP contribution in [0, 0.1) is 5.82 Å². The number of hydrogen-bond acceptors (Lipinski definition) is 5. The summed E-state index contributed by atoms with van der Waals surface area (Å²) >= 11 is 1.31. The van der Waals surface area contributed by atoms with E-state index in [1.165, 1.54) is 29.5 Å². The maximum absolute atomic E-state index is 13.0. The van der Waals surface area contributed by atoms with Gasteiger partial charge < -0.3 is 9.47 Å². The molecule has 4 rings (SSSR count). The maximum atomic E-state index is 13.0. The molecule has 0 aliphatic carbocycles. The number of halogens is 1. The van der Waals surface area contributed by atoms with Crippen LogP contribution in [-0.2, 0) is 4.79 Å². The fraction of sp³-hybridized carbons (Fsp3) is 0.0909. The summed E-state index contributed by atoms with van der Waals surface area (Å²) in [6.45, 7) is 1.10. The van der Waals surface area contributed by atoms with Gasteiger partial charge in [-0.05, 0) is 42.0 Å². The Hall–Kier alpha value is -3.45. The molecule has 0 bridgehead atoms. The SMILES string of the molecule is O=C(/C=C/C=C/c1ccc2c(c1)OCCO2)Nc1nc(-c2ccc(F)cc2)cs1. The van der Waals surface area contributed by atoms with Crippen LogP contribution in [0.25, 0.3) is 17.3 Å². The number of anilines is 1. The number of nitrogens with zero attached hydrogens (tertiary/aromatic N) is 1. The van der Waals surface area contributed by atoms with E-state index in [-0.39, 0.29) is 11.7 Å². The van der Waals surface area contributed by atoms with E-state index in [9.17, 15) is 9.18 Å². The lowest BCUT2D eigenvalue weighted by atomic mass is 10.2. The maximum Gasteiger partial charge on any atom is 0.250 e. The van der Waals surface area contributed by atoms with E-state index in [0.717, 1.165) is 22.6 Å². The number of benzene rings is 2. The van der Waals surface area contributed by atoms with Gasteiger partial charge in [-0.3, -0.25) is 10.1 Å². The Bertz CT molecular complexity index is 1070. The quantitative estimate of drug-likeness (QED) is 0.480. The molecule has 1 aliphatic heterocycles. The molecule has 7 heteroatoms. The van der Waals surface area contributed by atoms with Crippen LogP contribution in [0.15, 0.2) is 66.1 Å². The van der Waals surface area contributed by atoms with Crippen molar-refractivity contribution in [1.29, 1.82) is 0 Å². The summed E-state index contributed by atoms with van der Waals surface area (Å²) in [5.74, 6) is 0.886. The number of carbonyl (C=O) groups is 1. The minimum absolute atomic E-state index is 0.281. The van der Waals surface area contributed by atoms with Gasteiger partial charge >= 0.3 is 0 Å². The summed E-state index contributed by atoms with van der Waals surface area (Å²) in [7, 11) is 0. The molecular formula is C22H17FN2O3S. The van der Waals surface area contributed by atoms with Gasteiger partial charge in [-0.15, -0.1) is 11.3 Å². The first-order valence-electron chi connectivity index (χ1n) is 8.94. The topological polar surface area (TPSA) is 60.5 Å². The molecule has 0 radical (unpaired) electrons. The normalized spacial score (nSPS) is 13.1. The second-order valence-electron chi connectivity index (χ2n) is 6.16. The summed E-state index contributed by atoms with van der Waals surface area (Å²) in [6.07, 6.45) is 6.73. The Morgan fingerprint density at radius 1 is 1.07 bits per heavy atom. The Morgan fingerprint density at radius 3 is 2.69 bits per heavy atom. The average Bonchev–Trinajstić information content (AvgIpc) is 3.20. The number of fused-ring (bicyclic) bond motifs is 1. The van der Waals surface area contributed by atoms with Gasteiger partial charge in [0.05, 0.1) is 5.69 Å². The van der Waals surface area contributed by atoms with Crippen LogP contribution in [0.1, 0.15) is 5.56 Å².